The quantitative estimate of drug-likeness (QED) is 0.325. The Labute approximate surface area is 167 Å². The maximum absolute atomic E-state index is 12.6. The normalized spacial score (nSPS) is 11.4. The molecule has 3 rings (SSSR count). The van der Waals surface area contributed by atoms with Crippen LogP contribution in [0.5, 0.6) is 11.5 Å². The summed E-state index contributed by atoms with van der Waals surface area (Å²) in [5.41, 5.74) is -0.352. The first-order chi connectivity index (χ1) is 13.3. The standard InChI is InChI=1S/C22H21ClO5/c1-4-5-14-12-20(24)27-19-13-17(10-11-18(14)19)26-21(25)22(2,3)28-16-8-6-15(23)7-9-16/h6-13H,4-5H2,1-3H3. The molecule has 3 aromatic rings. The zero-order chi connectivity index (χ0) is 20.3. The van der Waals surface area contributed by atoms with Gasteiger partial charge in [-0.3, -0.25) is 0 Å². The fourth-order valence-electron chi connectivity index (χ4n) is 2.82. The highest BCUT2D eigenvalue weighted by molar-refractivity contribution is 6.30. The summed E-state index contributed by atoms with van der Waals surface area (Å²) in [4.78, 5) is 24.4. The van der Waals surface area contributed by atoms with Crippen molar-refractivity contribution in [2.24, 2.45) is 0 Å². The molecule has 0 fully saturated rings. The summed E-state index contributed by atoms with van der Waals surface area (Å²) in [5, 5.41) is 1.41. The molecule has 0 aliphatic heterocycles. The van der Waals surface area contributed by atoms with E-state index in [4.69, 9.17) is 25.5 Å². The predicted molar refractivity (Wildman–Crippen MR) is 108 cm³/mol. The van der Waals surface area contributed by atoms with Crippen molar-refractivity contribution >= 4 is 28.5 Å². The van der Waals surface area contributed by atoms with E-state index >= 15 is 0 Å². The van der Waals surface area contributed by atoms with Gasteiger partial charge in [-0.1, -0.05) is 24.9 Å². The average molecular weight is 401 g/mol. The lowest BCUT2D eigenvalue weighted by Crippen LogP contribution is -2.41. The van der Waals surface area contributed by atoms with Crippen LogP contribution >= 0.6 is 11.6 Å². The number of benzene rings is 2. The smallest absolute Gasteiger partial charge is 0.355 e. The number of fused-ring (bicyclic) bond motifs is 1. The molecule has 0 atom stereocenters. The molecule has 0 unspecified atom stereocenters. The van der Waals surface area contributed by atoms with Gasteiger partial charge in [0.05, 0.1) is 0 Å². The molecule has 0 aliphatic carbocycles. The maximum atomic E-state index is 12.6. The Morgan fingerprint density at radius 2 is 1.75 bits per heavy atom. The molecular formula is C22H21ClO5. The van der Waals surface area contributed by atoms with E-state index in [2.05, 4.69) is 0 Å². The number of rotatable bonds is 6. The largest absolute Gasteiger partial charge is 0.476 e. The van der Waals surface area contributed by atoms with Crippen molar-refractivity contribution in [1.82, 2.24) is 0 Å². The van der Waals surface area contributed by atoms with Gasteiger partial charge in [0.15, 0.2) is 0 Å². The van der Waals surface area contributed by atoms with Crippen LogP contribution < -0.4 is 15.1 Å². The van der Waals surface area contributed by atoms with Crippen LogP contribution in [0.4, 0.5) is 0 Å². The zero-order valence-corrected chi connectivity index (χ0v) is 16.7. The van der Waals surface area contributed by atoms with Gasteiger partial charge in [0.1, 0.15) is 17.1 Å². The summed E-state index contributed by atoms with van der Waals surface area (Å²) in [6, 6.07) is 13.2. The second-order valence-corrected chi connectivity index (χ2v) is 7.39. The second kappa shape index (κ2) is 8.07. The van der Waals surface area contributed by atoms with Crippen molar-refractivity contribution in [3.63, 3.8) is 0 Å². The highest BCUT2D eigenvalue weighted by Gasteiger charge is 2.32. The monoisotopic (exact) mass is 400 g/mol. The third kappa shape index (κ3) is 4.54. The van der Waals surface area contributed by atoms with Crippen LogP contribution in [0.15, 0.2) is 57.7 Å². The lowest BCUT2D eigenvalue weighted by atomic mass is 10.1. The fourth-order valence-corrected chi connectivity index (χ4v) is 2.94. The molecule has 0 radical (unpaired) electrons. The topological polar surface area (TPSA) is 65.7 Å². The van der Waals surface area contributed by atoms with Crippen LogP contribution in [0.1, 0.15) is 32.8 Å². The minimum Gasteiger partial charge on any atom is -0.476 e. The Hall–Kier alpha value is -2.79. The first-order valence-corrected chi connectivity index (χ1v) is 9.40. The highest BCUT2D eigenvalue weighted by Crippen LogP contribution is 2.26. The van der Waals surface area contributed by atoms with Gasteiger partial charge in [0, 0.05) is 22.5 Å². The Morgan fingerprint density at radius 3 is 2.43 bits per heavy atom. The molecule has 1 aromatic heterocycles. The third-order valence-electron chi connectivity index (χ3n) is 4.21. The van der Waals surface area contributed by atoms with Crippen LogP contribution in [0, 0.1) is 0 Å². The van der Waals surface area contributed by atoms with E-state index in [1.165, 1.54) is 6.07 Å². The molecule has 0 amide bonds. The molecule has 146 valence electrons. The van der Waals surface area contributed by atoms with Crippen molar-refractivity contribution in [3.8, 4) is 11.5 Å². The van der Waals surface area contributed by atoms with E-state index in [0.29, 0.717) is 16.4 Å². The molecule has 0 saturated carbocycles. The molecule has 5 nitrogen and oxygen atoms in total. The Balaban J connectivity index is 1.81. The fraction of sp³-hybridized carbons (Fsp3) is 0.273. The molecular weight excluding hydrogens is 380 g/mol. The summed E-state index contributed by atoms with van der Waals surface area (Å²) in [6.07, 6.45) is 1.68. The lowest BCUT2D eigenvalue weighted by Gasteiger charge is -2.24. The van der Waals surface area contributed by atoms with E-state index < -0.39 is 17.2 Å². The molecule has 0 bridgehead atoms. The summed E-state index contributed by atoms with van der Waals surface area (Å²) >= 11 is 5.86. The number of esters is 1. The molecule has 0 N–H and O–H groups in total. The van der Waals surface area contributed by atoms with E-state index in [9.17, 15) is 9.59 Å². The van der Waals surface area contributed by atoms with E-state index in [1.54, 1.807) is 56.3 Å². The van der Waals surface area contributed by atoms with Crippen LogP contribution in [0.25, 0.3) is 11.0 Å². The zero-order valence-electron chi connectivity index (χ0n) is 16.0. The number of hydrogen-bond acceptors (Lipinski definition) is 5. The van der Waals surface area contributed by atoms with Crippen molar-refractivity contribution in [3.05, 3.63) is 69.5 Å². The van der Waals surface area contributed by atoms with Crippen LogP contribution in [-0.2, 0) is 11.2 Å². The minimum atomic E-state index is -1.23. The predicted octanol–water partition coefficient (Wildman–Crippen LogP) is 5.16. The van der Waals surface area contributed by atoms with Crippen LogP contribution in [0.3, 0.4) is 0 Å². The Bertz CT molecular complexity index is 1050. The summed E-state index contributed by atoms with van der Waals surface area (Å²) in [5.74, 6) is 0.205. The van der Waals surface area contributed by atoms with Gasteiger partial charge in [-0.05, 0) is 62.2 Å². The molecule has 0 spiro atoms. The summed E-state index contributed by atoms with van der Waals surface area (Å²) in [7, 11) is 0. The summed E-state index contributed by atoms with van der Waals surface area (Å²) < 4.78 is 16.5. The third-order valence-corrected chi connectivity index (χ3v) is 4.46. The van der Waals surface area contributed by atoms with Crippen molar-refractivity contribution < 1.29 is 18.7 Å². The van der Waals surface area contributed by atoms with Crippen molar-refractivity contribution in [2.75, 3.05) is 0 Å². The number of carbonyl (C=O) groups is 1. The molecule has 6 heteroatoms. The molecule has 28 heavy (non-hydrogen) atoms. The lowest BCUT2D eigenvalue weighted by molar-refractivity contribution is -0.149. The van der Waals surface area contributed by atoms with Crippen LogP contribution in [-0.4, -0.2) is 11.6 Å². The Morgan fingerprint density at radius 1 is 1.07 bits per heavy atom. The number of halogens is 1. The average Bonchev–Trinajstić information content (AvgIpc) is 2.63. The number of ether oxygens (including phenoxy) is 2. The Kier molecular flexibility index (Phi) is 5.75. The van der Waals surface area contributed by atoms with Gasteiger partial charge in [0.25, 0.3) is 0 Å². The molecule has 2 aromatic carbocycles. The van der Waals surface area contributed by atoms with Crippen molar-refractivity contribution in [2.45, 2.75) is 39.2 Å². The number of hydrogen-bond donors (Lipinski definition) is 0. The van der Waals surface area contributed by atoms with Gasteiger partial charge >= 0.3 is 11.6 Å². The van der Waals surface area contributed by atoms with E-state index in [-0.39, 0.29) is 5.75 Å². The molecule has 1 heterocycles. The van der Waals surface area contributed by atoms with Crippen molar-refractivity contribution in [1.29, 1.82) is 0 Å². The van der Waals surface area contributed by atoms with Crippen LogP contribution in [0.2, 0.25) is 5.02 Å². The maximum Gasteiger partial charge on any atom is 0.355 e. The number of aryl methyl sites for hydroxylation is 1. The molecule has 0 aliphatic rings. The van der Waals surface area contributed by atoms with Gasteiger partial charge in [-0.15, -0.1) is 0 Å². The second-order valence-electron chi connectivity index (χ2n) is 6.95. The van der Waals surface area contributed by atoms with E-state index in [0.717, 1.165) is 23.8 Å². The van der Waals surface area contributed by atoms with Gasteiger partial charge in [-0.2, -0.15) is 0 Å². The molecule has 0 saturated heterocycles. The van der Waals surface area contributed by atoms with Gasteiger partial charge in [0.2, 0.25) is 5.60 Å². The SMILES string of the molecule is CCCc1cc(=O)oc2cc(OC(=O)C(C)(C)Oc3ccc(Cl)cc3)ccc12. The summed E-state index contributed by atoms with van der Waals surface area (Å²) in [6.45, 7) is 5.27. The number of carbonyl (C=O) groups excluding carboxylic acids is 1. The van der Waals surface area contributed by atoms with Gasteiger partial charge < -0.3 is 13.9 Å². The van der Waals surface area contributed by atoms with E-state index in [1.807, 2.05) is 6.92 Å². The van der Waals surface area contributed by atoms with Gasteiger partial charge in [-0.25, -0.2) is 9.59 Å². The minimum absolute atomic E-state index is 0.280. The first kappa shape index (κ1) is 20.0. The highest BCUT2D eigenvalue weighted by atomic mass is 35.5. The first-order valence-electron chi connectivity index (χ1n) is 9.02.